The average Bonchev–Trinajstić information content (AvgIpc) is 3.09. The van der Waals surface area contributed by atoms with Crippen molar-refractivity contribution >= 4 is 10.9 Å². The number of methoxy groups -OCH3 is 1. The summed E-state index contributed by atoms with van der Waals surface area (Å²) in [7, 11) is 1.54. The van der Waals surface area contributed by atoms with Crippen LogP contribution < -0.4 is 10.3 Å². The zero-order chi connectivity index (χ0) is 22.0. The van der Waals surface area contributed by atoms with Crippen LogP contribution >= 0.6 is 0 Å². The summed E-state index contributed by atoms with van der Waals surface area (Å²) >= 11 is 0. The Kier molecular flexibility index (Phi) is 5.81. The van der Waals surface area contributed by atoms with Crippen LogP contribution in [0.4, 0.5) is 13.2 Å². The molecule has 1 heterocycles. The number of hydrogen-bond acceptors (Lipinski definition) is 3. The second-order valence-corrected chi connectivity index (χ2v) is 6.96. The lowest BCUT2D eigenvalue weighted by Crippen LogP contribution is -2.18. The Labute approximate surface area is 175 Å². The molecular formula is C23H19F3N2O3. The van der Waals surface area contributed by atoms with E-state index in [1.54, 1.807) is 25.3 Å². The molecule has 0 unspecified atom stereocenters. The molecule has 0 aliphatic carbocycles. The van der Waals surface area contributed by atoms with Crippen LogP contribution in [-0.4, -0.2) is 23.5 Å². The SMILES string of the molecule is COCCn1[nH]c2c(COc3cc(F)c(-c4ccc(F)cc4)cc3F)cccc2c1=O. The number of hydrogen-bond donors (Lipinski definition) is 1. The molecule has 4 aromatic rings. The minimum Gasteiger partial charge on any atom is -0.486 e. The molecular weight excluding hydrogens is 409 g/mol. The maximum atomic E-state index is 14.6. The van der Waals surface area contributed by atoms with Gasteiger partial charge in [0.1, 0.15) is 18.2 Å². The van der Waals surface area contributed by atoms with Gasteiger partial charge in [-0.3, -0.25) is 9.89 Å². The van der Waals surface area contributed by atoms with Gasteiger partial charge in [-0.25, -0.2) is 17.9 Å². The third-order valence-electron chi connectivity index (χ3n) is 4.95. The molecule has 0 atom stereocenters. The van der Waals surface area contributed by atoms with Gasteiger partial charge in [0.2, 0.25) is 0 Å². The molecule has 0 radical (unpaired) electrons. The lowest BCUT2D eigenvalue weighted by molar-refractivity contribution is 0.183. The highest BCUT2D eigenvalue weighted by molar-refractivity contribution is 5.81. The van der Waals surface area contributed by atoms with Crippen molar-refractivity contribution in [3.63, 3.8) is 0 Å². The fraction of sp³-hybridized carbons (Fsp3) is 0.174. The first-order chi connectivity index (χ1) is 15.0. The third kappa shape index (κ3) is 4.20. The standard InChI is InChI=1S/C23H19F3N2O3/c1-30-10-9-28-23(29)17-4-2-3-15(22(17)27-28)13-31-21-12-19(25)18(11-20(21)26)14-5-7-16(24)8-6-14/h2-8,11-12,27H,9-10,13H2,1H3. The summed E-state index contributed by atoms with van der Waals surface area (Å²) in [6.07, 6.45) is 0. The predicted octanol–water partition coefficient (Wildman–Crippen LogP) is 4.64. The molecule has 160 valence electrons. The Hall–Kier alpha value is -3.52. The smallest absolute Gasteiger partial charge is 0.274 e. The summed E-state index contributed by atoms with van der Waals surface area (Å²) in [4.78, 5) is 12.5. The summed E-state index contributed by atoms with van der Waals surface area (Å²) in [5, 5.41) is 3.48. The van der Waals surface area contributed by atoms with Crippen LogP contribution in [0.3, 0.4) is 0 Å². The Morgan fingerprint density at radius 2 is 1.77 bits per heavy atom. The van der Waals surface area contributed by atoms with Crippen LogP contribution in [-0.2, 0) is 17.9 Å². The van der Waals surface area contributed by atoms with Crippen molar-refractivity contribution in [2.75, 3.05) is 13.7 Å². The van der Waals surface area contributed by atoms with Gasteiger partial charge in [0.05, 0.1) is 24.1 Å². The number of halogens is 3. The zero-order valence-corrected chi connectivity index (χ0v) is 16.6. The van der Waals surface area contributed by atoms with Crippen LogP contribution in [0.25, 0.3) is 22.0 Å². The van der Waals surface area contributed by atoms with Crippen LogP contribution in [0, 0.1) is 17.5 Å². The number of rotatable bonds is 7. The Morgan fingerprint density at radius 1 is 1.00 bits per heavy atom. The first-order valence-electron chi connectivity index (χ1n) is 9.55. The molecule has 1 aromatic heterocycles. The second kappa shape index (κ2) is 8.69. The molecule has 31 heavy (non-hydrogen) atoms. The molecule has 0 aliphatic rings. The maximum absolute atomic E-state index is 14.6. The molecule has 0 saturated carbocycles. The summed E-state index contributed by atoms with van der Waals surface area (Å²) in [5.74, 6) is -2.17. The van der Waals surface area contributed by atoms with E-state index in [1.807, 2.05) is 0 Å². The quantitative estimate of drug-likeness (QED) is 0.467. The zero-order valence-electron chi connectivity index (χ0n) is 16.6. The third-order valence-corrected chi connectivity index (χ3v) is 4.95. The number of nitrogens with one attached hydrogen (secondary N) is 1. The number of benzene rings is 3. The minimum absolute atomic E-state index is 0.00602. The Morgan fingerprint density at radius 3 is 2.52 bits per heavy atom. The number of para-hydroxylation sites is 1. The molecule has 5 nitrogen and oxygen atoms in total. The van der Waals surface area contributed by atoms with E-state index in [0.29, 0.717) is 35.2 Å². The number of fused-ring (bicyclic) bond motifs is 1. The number of H-pyrrole nitrogens is 1. The normalized spacial score (nSPS) is 11.2. The van der Waals surface area contributed by atoms with Crippen LogP contribution in [0.2, 0.25) is 0 Å². The molecule has 0 aliphatic heterocycles. The van der Waals surface area contributed by atoms with Crippen molar-refractivity contribution in [2.45, 2.75) is 13.2 Å². The second-order valence-electron chi connectivity index (χ2n) is 6.96. The van der Waals surface area contributed by atoms with Crippen LogP contribution in [0.5, 0.6) is 5.75 Å². The van der Waals surface area contributed by atoms with Gasteiger partial charge >= 0.3 is 0 Å². The maximum Gasteiger partial charge on any atom is 0.274 e. The fourth-order valence-electron chi connectivity index (χ4n) is 3.35. The summed E-state index contributed by atoms with van der Waals surface area (Å²) in [6.45, 7) is 0.645. The van der Waals surface area contributed by atoms with E-state index in [2.05, 4.69) is 5.10 Å². The van der Waals surface area contributed by atoms with Crippen molar-refractivity contribution < 1.29 is 22.6 Å². The molecule has 0 fully saturated rings. The van der Waals surface area contributed by atoms with Crippen LogP contribution in [0.1, 0.15) is 5.56 Å². The van der Waals surface area contributed by atoms with Crippen molar-refractivity contribution in [3.8, 4) is 16.9 Å². The van der Waals surface area contributed by atoms with Crippen molar-refractivity contribution in [2.24, 2.45) is 0 Å². The van der Waals surface area contributed by atoms with Gasteiger partial charge in [-0.2, -0.15) is 0 Å². The molecule has 0 bridgehead atoms. The number of nitrogens with zero attached hydrogens (tertiary/aromatic N) is 1. The summed E-state index contributed by atoms with van der Waals surface area (Å²) < 4.78 is 54.2. The molecule has 8 heteroatoms. The van der Waals surface area contributed by atoms with E-state index in [-0.39, 0.29) is 23.5 Å². The van der Waals surface area contributed by atoms with Gasteiger partial charge in [-0.15, -0.1) is 0 Å². The van der Waals surface area contributed by atoms with E-state index in [0.717, 1.165) is 12.1 Å². The summed E-state index contributed by atoms with van der Waals surface area (Å²) in [5.41, 5.74) is 1.34. The van der Waals surface area contributed by atoms with E-state index < -0.39 is 17.5 Å². The monoisotopic (exact) mass is 428 g/mol. The largest absolute Gasteiger partial charge is 0.486 e. The van der Waals surface area contributed by atoms with Crippen molar-refractivity contribution in [1.82, 2.24) is 9.78 Å². The van der Waals surface area contributed by atoms with Gasteiger partial charge in [-0.1, -0.05) is 24.3 Å². The Bertz CT molecular complexity index is 1280. The summed E-state index contributed by atoms with van der Waals surface area (Å²) in [6, 6.07) is 12.2. The van der Waals surface area contributed by atoms with Crippen molar-refractivity contribution in [1.29, 1.82) is 0 Å². The first-order valence-corrected chi connectivity index (χ1v) is 9.55. The molecule has 0 saturated heterocycles. The highest BCUT2D eigenvalue weighted by Crippen LogP contribution is 2.30. The molecule has 4 rings (SSSR count). The van der Waals surface area contributed by atoms with Gasteiger partial charge < -0.3 is 9.47 Å². The van der Waals surface area contributed by atoms with E-state index in [1.165, 1.54) is 28.9 Å². The lowest BCUT2D eigenvalue weighted by atomic mass is 10.0. The molecule has 0 amide bonds. The molecule has 1 N–H and O–H groups in total. The lowest BCUT2D eigenvalue weighted by Gasteiger charge is -2.11. The number of aromatic amines is 1. The topological polar surface area (TPSA) is 56.2 Å². The number of ether oxygens (including phenoxy) is 2. The predicted molar refractivity (Wildman–Crippen MR) is 111 cm³/mol. The van der Waals surface area contributed by atoms with Gasteiger partial charge in [0.25, 0.3) is 5.56 Å². The average molecular weight is 428 g/mol. The molecule has 0 spiro atoms. The highest BCUT2D eigenvalue weighted by atomic mass is 19.1. The molecule has 3 aromatic carbocycles. The number of aromatic nitrogens is 2. The van der Waals surface area contributed by atoms with E-state index in [9.17, 15) is 18.0 Å². The minimum atomic E-state index is -0.751. The Balaban J connectivity index is 1.59. The van der Waals surface area contributed by atoms with E-state index in [4.69, 9.17) is 9.47 Å². The van der Waals surface area contributed by atoms with Crippen LogP contribution in [0.15, 0.2) is 59.4 Å². The van der Waals surface area contributed by atoms with Crippen molar-refractivity contribution in [3.05, 3.63) is 88.0 Å². The highest BCUT2D eigenvalue weighted by Gasteiger charge is 2.15. The van der Waals surface area contributed by atoms with Gasteiger partial charge in [0, 0.05) is 24.3 Å². The van der Waals surface area contributed by atoms with Gasteiger partial charge in [-0.05, 0) is 29.8 Å². The van der Waals surface area contributed by atoms with Gasteiger partial charge in [0.15, 0.2) is 11.6 Å². The fourth-order valence-corrected chi connectivity index (χ4v) is 3.35. The first kappa shape index (κ1) is 20.7. The van der Waals surface area contributed by atoms with E-state index >= 15 is 0 Å².